The summed E-state index contributed by atoms with van der Waals surface area (Å²) in [5.74, 6) is -1.12. The molecule has 0 radical (unpaired) electrons. The van der Waals surface area contributed by atoms with E-state index in [4.69, 9.17) is 0 Å². The molecular weight excluding hydrogens is 470 g/mol. The lowest BCUT2D eigenvalue weighted by Crippen LogP contribution is -2.41. The standard InChI is InChI=1S/C13H14Br3N3O2/c14-8-6-9(15)11(10(16)7-8)18-12(20)13(21)19-4-1-2-17-3-5-19/h6-7,17H,1-5H2,(H,18,20). The maximum absolute atomic E-state index is 12.2. The number of hydrogen-bond acceptors (Lipinski definition) is 3. The number of benzene rings is 1. The van der Waals surface area contributed by atoms with Gasteiger partial charge in [-0.05, 0) is 57.0 Å². The monoisotopic (exact) mass is 481 g/mol. The van der Waals surface area contributed by atoms with Crippen LogP contribution in [0.3, 0.4) is 0 Å². The molecular formula is C13H14Br3N3O2. The number of amides is 2. The van der Waals surface area contributed by atoms with Crippen LogP contribution in [0, 0.1) is 0 Å². The van der Waals surface area contributed by atoms with Crippen LogP contribution in [0.5, 0.6) is 0 Å². The molecule has 1 heterocycles. The van der Waals surface area contributed by atoms with Crippen molar-refractivity contribution < 1.29 is 9.59 Å². The zero-order chi connectivity index (χ0) is 15.4. The van der Waals surface area contributed by atoms with E-state index in [1.807, 2.05) is 0 Å². The Balaban J connectivity index is 2.08. The molecule has 2 amide bonds. The summed E-state index contributed by atoms with van der Waals surface area (Å²) in [5, 5.41) is 5.86. The molecule has 0 aromatic heterocycles. The minimum Gasteiger partial charge on any atom is -0.333 e. The van der Waals surface area contributed by atoms with E-state index in [2.05, 4.69) is 58.4 Å². The van der Waals surface area contributed by atoms with Crippen molar-refractivity contribution in [1.29, 1.82) is 0 Å². The van der Waals surface area contributed by atoms with Crippen molar-refractivity contribution in [3.8, 4) is 0 Å². The molecule has 0 atom stereocenters. The first-order chi connectivity index (χ1) is 9.99. The fourth-order valence-electron chi connectivity index (χ4n) is 2.02. The lowest BCUT2D eigenvalue weighted by molar-refractivity contribution is -0.143. The fraction of sp³-hybridized carbons (Fsp3) is 0.385. The van der Waals surface area contributed by atoms with Gasteiger partial charge in [-0.25, -0.2) is 0 Å². The van der Waals surface area contributed by atoms with Crippen LogP contribution in [0.4, 0.5) is 5.69 Å². The molecule has 0 unspecified atom stereocenters. The average Bonchev–Trinajstić information content (AvgIpc) is 2.70. The average molecular weight is 484 g/mol. The molecule has 1 fully saturated rings. The molecule has 2 N–H and O–H groups in total. The van der Waals surface area contributed by atoms with Crippen LogP contribution < -0.4 is 10.6 Å². The molecule has 1 aromatic carbocycles. The van der Waals surface area contributed by atoms with Crippen molar-refractivity contribution in [3.05, 3.63) is 25.6 Å². The quantitative estimate of drug-likeness (QED) is 0.604. The van der Waals surface area contributed by atoms with Crippen molar-refractivity contribution in [2.45, 2.75) is 6.42 Å². The molecule has 21 heavy (non-hydrogen) atoms. The van der Waals surface area contributed by atoms with Gasteiger partial charge in [0.1, 0.15) is 0 Å². The lowest BCUT2D eigenvalue weighted by Gasteiger charge is -2.19. The maximum atomic E-state index is 12.2. The molecule has 1 saturated heterocycles. The van der Waals surface area contributed by atoms with Gasteiger partial charge in [0.25, 0.3) is 0 Å². The normalized spacial score (nSPS) is 15.5. The first-order valence-electron chi connectivity index (χ1n) is 6.44. The number of hydrogen-bond donors (Lipinski definition) is 2. The molecule has 0 spiro atoms. The summed E-state index contributed by atoms with van der Waals surface area (Å²) in [6, 6.07) is 3.61. The van der Waals surface area contributed by atoms with Crippen molar-refractivity contribution in [2.75, 3.05) is 31.5 Å². The van der Waals surface area contributed by atoms with E-state index in [1.165, 1.54) is 0 Å². The van der Waals surface area contributed by atoms with Crippen LogP contribution >= 0.6 is 47.8 Å². The molecule has 8 heteroatoms. The first kappa shape index (κ1) is 16.9. The Morgan fingerprint density at radius 1 is 1.10 bits per heavy atom. The fourth-order valence-corrected chi connectivity index (χ4v) is 4.48. The second-order valence-electron chi connectivity index (χ2n) is 4.59. The van der Waals surface area contributed by atoms with Crippen LogP contribution in [-0.4, -0.2) is 42.9 Å². The van der Waals surface area contributed by atoms with Crippen molar-refractivity contribution in [2.24, 2.45) is 0 Å². The molecule has 0 saturated carbocycles. The summed E-state index contributed by atoms with van der Waals surface area (Å²) >= 11 is 10.1. The first-order valence-corrected chi connectivity index (χ1v) is 8.82. The second kappa shape index (κ2) is 7.71. The minimum atomic E-state index is -0.624. The highest BCUT2D eigenvalue weighted by Gasteiger charge is 2.23. The maximum Gasteiger partial charge on any atom is 0.313 e. The van der Waals surface area contributed by atoms with E-state index in [0.29, 0.717) is 34.3 Å². The Bertz CT molecular complexity index is 535. The predicted molar refractivity (Wildman–Crippen MR) is 92.2 cm³/mol. The van der Waals surface area contributed by atoms with Gasteiger partial charge in [-0.15, -0.1) is 0 Å². The number of carbonyl (C=O) groups is 2. The molecule has 1 aromatic rings. The summed E-state index contributed by atoms with van der Waals surface area (Å²) in [7, 11) is 0. The van der Waals surface area contributed by atoms with E-state index in [0.717, 1.165) is 17.4 Å². The summed E-state index contributed by atoms with van der Waals surface area (Å²) in [4.78, 5) is 25.9. The topological polar surface area (TPSA) is 61.4 Å². The zero-order valence-electron chi connectivity index (χ0n) is 11.1. The molecule has 2 rings (SSSR count). The third kappa shape index (κ3) is 4.51. The zero-order valence-corrected chi connectivity index (χ0v) is 15.8. The molecule has 1 aliphatic heterocycles. The Kier molecular flexibility index (Phi) is 6.21. The molecule has 114 valence electrons. The van der Waals surface area contributed by atoms with Gasteiger partial charge < -0.3 is 15.5 Å². The number of nitrogens with zero attached hydrogens (tertiary/aromatic N) is 1. The van der Waals surface area contributed by atoms with E-state index in [9.17, 15) is 9.59 Å². The van der Waals surface area contributed by atoms with Gasteiger partial charge in [0.15, 0.2) is 0 Å². The van der Waals surface area contributed by atoms with Gasteiger partial charge in [0.05, 0.1) is 5.69 Å². The number of halogens is 3. The SMILES string of the molecule is O=C(Nc1c(Br)cc(Br)cc1Br)C(=O)N1CCCNCC1. The van der Waals surface area contributed by atoms with Gasteiger partial charge in [0, 0.05) is 33.1 Å². The van der Waals surface area contributed by atoms with Crippen LogP contribution in [0.15, 0.2) is 25.6 Å². The van der Waals surface area contributed by atoms with Crippen LogP contribution in [0.25, 0.3) is 0 Å². The highest BCUT2D eigenvalue weighted by Crippen LogP contribution is 2.34. The largest absolute Gasteiger partial charge is 0.333 e. The van der Waals surface area contributed by atoms with Crippen molar-refractivity contribution >= 4 is 65.3 Å². The molecule has 0 bridgehead atoms. The van der Waals surface area contributed by atoms with E-state index >= 15 is 0 Å². The number of nitrogens with one attached hydrogen (secondary N) is 2. The Morgan fingerprint density at radius 2 is 1.76 bits per heavy atom. The van der Waals surface area contributed by atoms with Gasteiger partial charge in [-0.3, -0.25) is 9.59 Å². The minimum absolute atomic E-state index is 0.500. The summed E-state index contributed by atoms with van der Waals surface area (Å²) < 4.78 is 2.26. The molecule has 5 nitrogen and oxygen atoms in total. The van der Waals surface area contributed by atoms with Gasteiger partial charge in [0.2, 0.25) is 0 Å². The van der Waals surface area contributed by atoms with E-state index in [1.54, 1.807) is 17.0 Å². The molecule has 1 aliphatic rings. The lowest BCUT2D eigenvalue weighted by atomic mass is 10.3. The smallest absolute Gasteiger partial charge is 0.313 e. The summed E-state index contributed by atoms with van der Waals surface area (Å²) in [6.07, 6.45) is 0.852. The number of rotatable bonds is 1. The van der Waals surface area contributed by atoms with Gasteiger partial charge >= 0.3 is 11.8 Å². The molecule has 0 aliphatic carbocycles. The number of anilines is 1. The Morgan fingerprint density at radius 3 is 2.43 bits per heavy atom. The second-order valence-corrected chi connectivity index (χ2v) is 7.22. The van der Waals surface area contributed by atoms with Gasteiger partial charge in [-0.2, -0.15) is 0 Å². The van der Waals surface area contributed by atoms with E-state index < -0.39 is 11.8 Å². The van der Waals surface area contributed by atoms with E-state index in [-0.39, 0.29) is 0 Å². The Hall–Kier alpha value is -0.440. The van der Waals surface area contributed by atoms with Gasteiger partial charge in [-0.1, -0.05) is 15.9 Å². The van der Waals surface area contributed by atoms with Crippen LogP contribution in [-0.2, 0) is 9.59 Å². The van der Waals surface area contributed by atoms with Crippen molar-refractivity contribution in [1.82, 2.24) is 10.2 Å². The highest BCUT2D eigenvalue weighted by atomic mass is 79.9. The van der Waals surface area contributed by atoms with Crippen LogP contribution in [0.1, 0.15) is 6.42 Å². The highest BCUT2D eigenvalue weighted by molar-refractivity contribution is 9.11. The number of carbonyl (C=O) groups excluding carboxylic acids is 2. The third-order valence-electron chi connectivity index (χ3n) is 3.07. The summed E-state index contributed by atoms with van der Waals surface area (Å²) in [5.41, 5.74) is 0.546. The van der Waals surface area contributed by atoms with Crippen molar-refractivity contribution in [3.63, 3.8) is 0 Å². The Labute approximate surface area is 148 Å². The van der Waals surface area contributed by atoms with Crippen LogP contribution in [0.2, 0.25) is 0 Å². The predicted octanol–water partition coefficient (Wildman–Crippen LogP) is 2.73. The summed E-state index contributed by atoms with van der Waals surface area (Å²) in [6.45, 7) is 2.73. The third-order valence-corrected chi connectivity index (χ3v) is 4.78.